The molecule has 5 heteroatoms. The van der Waals surface area contributed by atoms with Gasteiger partial charge >= 0.3 is 5.97 Å². The third-order valence-corrected chi connectivity index (χ3v) is 6.95. The van der Waals surface area contributed by atoms with Gasteiger partial charge in [0.1, 0.15) is 12.7 Å². The summed E-state index contributed by atoms with van der Waals surface area (Å²) in [6.07, 6.45) is 33.2. The van der Waals surface area contributed by atoms with Crippen LogP contribution in [0.15, 0.2) is 29.5 Å². The lowest BCUT2D eigenvalue weighted by atomic mass is 10.0. The van der Waals surface area contributed by atoms with E-state index >= 15 is 0 Å². The van der Waals surface area contributed by atoms with Gasteiger partial charge in [-0.3, -0.25) is 0 Å². The molecule has 1 rings (SSSR count). The Morgan fingerprint density at radius 3 is 1.85 bits per heavy atom. The molecule has 0 saturated heterocycles. The second-order valence-corrected chi connectivity index (χ2v) is 10.0. The van der Waals surface area contributed by atoms with Crippen LogP contribution in [-0.2, 0) is 4.79 Å². The SMILES string of the molecule is CCCCCCC/C=C/CCCCCCCCCCCCCC1=NC=C[N+]1(CCN)CC(=O)O. The van der Waals surface area contributed by atoms with Gasteiger partial charge in [-0.25, -0.2) is 14.3 Å². The van der Waals surface area contributed by atoms with E-state index in [4.69, 9.17) is 5.73 Å². The Labute approximate surface area is 210 Å². The Bertz CT molecular complexity index is 600. The molecule has 0 amide bonds. The fourth-order valence-electron chi connectivity index (χ4n) is 4.87. The minimum Gasteiger partial charge on any atom is -0.477 e. The zero-order chi connectivity index (χ0) is 24.7. The summed E-state index contributed by atoms with van der Waals surface area (Å²) in [5, 5.41) is 9.28. The summed E-state index contributed by atoms with van der Waals surface area (Å²) in [5.41, 5.74) is 5.74. The molecular formula is C29H54N3O2+. The van der Waals surface area contributed by atoms with Crippen LogP contribution in [0.25, 0.3) is 0 Å². The molecule has 0 spiro atoms. The number of carboxylic acid groups (broad SMARTS) is 1. The zero-order valence-corrected chi connectivity index (χ0v) is 22.2. The molecule has 1 aliphatic heterocycles. The van der Waals surface area contributed by atoms with Crippen LogP contribution in [0.1, 0.15) is 129 Å². The van der Waals surface area contributed by atoms with Crippen molar-refractivity contribution in [3.63, 3.8) is 0 Å². The molecule has 196 valence electrons. The van der Waals surface area contributed by atoms with Crippen LogP contribution in [0, 0.1) is 0 Å². The van der Waals surface area contributed by atoms with Gasteiger partial charge in [-0.15, -0.1) is 0 Å². The minimum absolute atomic E-state index is 0.0441. The fraction of sp³-hybridized carbons (Fsp3) is 0.793. The second-order valence-electron chi connectivity index (χ2n) is 10.0. The summed E-state index contributed by atoms with van der Waals surface area (Å²) in [5.74, 6) is 0.166. The number of carbonyl (C=O) groups is 1. The molecule has 1 aliphatic rings. The lowest BCUT2D eigenvalue weighted by Crippen LogP contribution is -2.52. The average Bonchev–Trinajstić information content (AvgIpc) is 3.19. The quantitative estimate of drug-likeness (QED) is 0.0850. The molecule has 0 aromatic carbocycles. The highest BCUT2D eigenvalue weighted by atomic mass is 16.4. The molecule has 0 fully saturated rings. The lowest BCUT2D eigenvalue weighted by Gasteiger charge is -2.30. The minimum atomic E-state index is -0.798. The van der Waals surface area contributed by atoms with Crippen molar-refractivity contribution in [2.45, 2.75) is 129 Å². The van der Waals surface area contributed by atoms with Crippen LogP contribution < -0.4 is 5.73 Å². The molecule has 5 nitrogen and oxygen atoms in total. The molecule has 0 bridgehead atoms. The summed E-state index contributed by atoms with van der Waals surface area (Å²) in [7, 11) is 0. The highest BCUT2D eigenvalue weighted by Gasteiger charge is 2.36. The van der Waals surface area contributed by atoms with E-state index < -0.39 is 5.97 Å². The summed E-state index contributed by atoms with van der Waals surface area (Å²) in [6, 6.07) is 0. The molecule has 1 unspecified atom stereocenters. The molecule has 0 saturated carbocycles. The topological polar surface area (TPSA) is 75.7 Å². The fourth-order valence-corrected chi connectivity index (χ4v) is 4.87. The van der Waals surface area contributed by atoms with Crippen molar-refractivity contribution < 1.29 is 14.4 Å². The number of allylic oxidation sites excluding steroid dienone is 2. The molecule has 0 aromatic rings. The normalized spacial score (nSPS) is 17.6. The van der Waals surface area contributed by atoms with E-state index in [-0.39, 0.29) is 6.54 Å². The first-order valence-corrected chi connectivity index (χ1v) is 14.3. The maximum absolute atomic E-state index is 11.3. The van der Waals surface area contributed by atoms with Gasteiger partial charge < -0.3 is 10.8 Å². The van der Waals surface area contributed by atoms with E-state index in [1.807, 2.05) is 6.20 Å². The van der Waals surface area contributed by atoms with E-state index in [2.05, 4.69) is 24.1 Å². The molecule has 0 aromatic heterocycles. The number of carboxylic acids is 1. The Morgan fingerprint density at radius 2 is 1.35 bits per heavy atom. The molecule has 1 atom stereocenters. The highest BCUT2D eigenvalue weighted by Crippen LogP contribution is 2.21. The first-order chi connectivity index (χ1) is 16.6. The number of hydrogen-bond acceptors (Lipinski definition) is 3. The maximum Gasteiger partial charge on any atom is 0.360 e. The Morgan fingerprint density at radius 1 is 0.853 bits per heavy atom. The van der Waals surface area contributed by atoms with Gasteiger partial charge in [0.25, 0.3) is 0 Å². The van der Waals surface area contributed by atoms with Gasteiger partial charge in [0.05, 0.1) is 6.20 Å². The van der Waals surface area contributed by atoms with Gasteiger partial charge in [-0.1, -0.05) is 103 Å². The van der Waals surface area contributed by atoms with Crippen LogP contribution in [0.5, 0.6) is 0 Å². The molecule has 0 aliphatic carbocycles. The molecular weight excluding hydrogens is 422 g/mol. The number of aliphatic carboxylic acids is 1. The first kappa shape index (κ1) is 30.6. The third-order valence-electron chi connectivity index (χ3n) is 6.95. The summed E-state index contributed by atoms with van der Waals surface area (Å²) in [6.45, 7) is 3.39. The van der Waals surface area contributed by atoms with E-state index in [1.54, 1.807) is 6.20 Å². The Balaban J connectivity index is 1.90. The summed E-state index contributed by atoms with van der Waals surface area (Å²) >= 11 is 0. The van der Waals surface area contributed by atoms with E-state index in [0.717, 1.165) is 18.7 Å². The zero-order valence-electron chi connectivity index (χ0n) is 22.2. The maximum atomic E-state index is 11.3. The summed E-state index contributed by atoms with van der Waals surface area (Å²) < 4.78 is 0.307. The van der Waals surface area contributed by atoms with Crippen LogP contribution in [0.2, 0.25) is 0 Å². The number of aliphatic imine (C=N–C) groups is 1. The van der Waals surface area contributed by atoms with E-state index in [1.165, 1.54) is 109 Å². The lowest BCUT2D eigenvalue weighted by molar-refractivity contribution is -0.778. The number of nitrogens with two attached hydrogens (primary N) is 1. The number of nitrogens with zero attached hydrogens (tertiary/aromatic N) is 2. The van der Waals surface area contributed by atoms with Crippen molar-refractivity contribution in [1.82, 2.24) is 0 Å². The smallest absolute Gasteiger partial charge is 0.360 e. The third kappa shape index (κ3) is 14.7. The van der Waals surface area contributed by atoms with Gasteiger partial charge in [0.15, 0.2) is 6.54 Å². The van der Waals surface area contributed by atoms with Gasteiger partial charge in [-0.05, 0) is 32.1 Å². The van der Waals surface area contributed by atoms with Crippen molar-refractivity contribution in [1.29, 1.82) is 0 Å². The molecule has 34 heavy (non-hydrogen) atoms. The predicted octanol–water partition coefficient (Wildman–Crippen LogP) is 7.72. The monoisotopic (exact) mass is 476 g/mol. The number of quaternary nitrogens is 1. The predicted molar refractivity (Wildman–Crippen MR) is 146 cm³/mol. The number of rotatable bonds is 24. The first-order valence-electron chi connectivity index (χ1n) is 14.3. The Kier molecular flexibility index (Phi) is 18.8. The van der Waals surface area contributed by atoms with Crippen LogP contribution in [0.3, 0.4) is 0 Å². The van der Waals surface area contributed by atoms with E-state index in [0.29, 0.717) is 17.6 Å². The van der Waals surface area contributed by atoms with Crippen molar-refractivity contribution >= 4 is 11.8 Å². The number of amidine groups is 1. The van der Waals surface area contributed by atoms with Crippen molar-refractivity contribution in [2.75, 3.05) is 19.6 Å². The van der Waals surface area contributed by atoms with Gasteiger partial charge in [0, 0.05) is 13.0 Å². The van der Waals surface area contributed by atoms with Crippen LogP contribution in [0.4, 0.5) is 0 Å². The van der Waals surface area contributed by atoms with Crippen molar-refractivity contribution in [3.05, 3.63) is 24.6 Å². The van der Waals surface area contributed by atoms with Crippen molar-refractivity contribution in [2.24, 2.45) is 10.7 Å². The molecule has 0 radical (unpaired) electrons. The summed E-state index contributed by atoms with van der Waals surface area (Å²) in [4.78, 5) is 15.8. The van der Waals surface area contributed by atoms with Gasteiger partial charge in [-0.2, -0.15) is 0 Å². The average molecular weight is 477 g/mol. The van der Waals surface area contributed by atoms with Crippen molar-refractivity contribution in [3.8, 4) is 0 Å². The van der Waals surface area contributed by atoms with Crippen LogP contribution >= 0.6 is 0 Å². The molecule has 1 heterocycles. The van der Waals surface area contributed by atoms with Gasteiger partial charge in [0.2, 0.25) is 5.84 Å². The van der Waals surface area contributed by atoms with Crippen LogP contribution in [-0.4, -0.2) is 41.0 Å². The largest absolute Gasteiger partial charge is 0.477 e. The second kappa shape index (κ2) is 20.9. The number of hydrogen-bond donors (Lipinski definition) is 2. The standard InChI is InChI=1S/C29H53N3O2/c1-2-3-4-5-6-7-8-9-10-11-12-13-14-15-16-17-18-19-20-21-22-28-31-24-26-32(28,25-23-30)27-29(33)34/h8-9,24,26H,2-7,10-23,25,27,30H2,1H3/p+1/b9-8+. The molecule has 3 N–H and O–H groups in total. The highest BCUT2D eigenvalue weighted by molar-refractivity contribution is 5.81. The number of unbranched alkanes of at least 4 members (excludes halogenated alkanes) is 16. The Hall–Kier alpha value is -1.46. The van der Waals surface area contributed by atoms with E-state index in [9.17, 15) is 9.90 Å².